The van der Waals surface area contributed by atoms with E-state index in [-0.39, 0.29) is 16.9 Å². The zero-order chi connectivity index (χ0) is 14.6. The van der Waals surface area contributed by atoms with Crippen LogP contribution in [0.4, 0.5) is 0 Å². The van der Waals surface area contributed by atoms with Gasteiger partial charge in [0.1, 0.15) is 5.78 Å². The quantitative estimate of drug-likeness (QED) is 0.705. The van der Waals surface area contributed by atoms with Gasteiger partial charge in [0, 0.05) is 23.9 Å². The maximum Gasteiger partial charge on any atom is 0.135 e. The van der Waals surface area contributed by atoms with Crippen LogP contribution in [0.2, 0.25) is 0 Å². The van der Waals surface area contributed by atoms with E-state index in [0.717, 1.165) is 12.8 Å². The molecular weight excluding hydrogens is 222 g/mol. The molecule has 0 aliphatic rings. The van der Waals surface area contributed by atoms with Gasteiger partial charge in [-0.15, -0.1) is 0 Å². The summed E-state index contributed by atoms with van der Waals surface area (Å²) in [6.07, 6.45) is 2.78. The maximum atomic E-state index is 11.7. The van der Waals surface area contributed by atoms with Crippen LogP contribution >= 0.6 is 0 Å². The number of rotatable bonds is 8. The first kappa shape index (κ1) is 17.6. The van der Waals surface area contributed by atoms with E-state index < -0.39 is 0 Å². The third kappa shape index (κ3) is 7.86. The summed E-state index contributed by atoms with van der Waals surface area (Å²) in [4.78, 5) is 11.7. The number of carbonyl (C=O) groups is 1. The molecular formula is C16H33NO. The van der Waals surface area contributed by atoms with Crippen molar-refractivity contribution in [3.8, 4) is 0 Å². The van der Waals surface area contributed by atoms with Crippen LogP contribution in [0.3, 0.4) is 0 Å². The van der Waals surface area contributed by atoms with E-state index in [1.54, 1.807) is 0 Å². The molecule has 0 aromatic carbocycles. The van der Waals surface area contributed by atoms with Gasteiger partial charge in [0.2, 0.25) is 0 Å². The van der Waals surface area contributed by atoms with Crippen LogP contribution in [0.25, 0.3) is 0 Å². The van der Waals surface area contributed by atoms with Gasteiger partial charge in [0.25, 0.3) is 0 Å². The van der Waals surface area contributed by atoms with Crippen molar-refractivity contribution in [1.82, 2.24) is 5.32 Å². The highest BCUT2D eigenvalue weighted by Gasteiger charge is 2.29. The van der Waals surface area contributed by atoms with Gasteiger partial charge >= 0.3 is 0 Å². The van der Waals surface area contributed by atoms with E-state index in [2.05, 4.69) is 46.9 Å². The molecule has 18 heavy (non-hydrogen) atoms. The van der Waals surface area contributed by atoms with E-state index in [0.29, 0.717) is 18.2 Å². The Morgan fingerprint density at radius 2 is 1.56 bits per heavy atom. The monoisotopic (exact) mass is 255 g/mol. The first-order valence-electron chi connectivity index (χ1n) is 7.26. The Kier molecular flexibility index (Phi) is 6.56. The molecule has 0 atom stereocenters. The average Bonchev–Trinajstić information content (AvgIpc) is 2.09. The molecule has 0 fully saturated rings. The predicted octanol–water partition coefficient (Wildman–Crippen LogP) is 4.18. The van der Waals surface area contributed by atoms with E-state index in [4.69, 9.17) is 0 Å². The summed E-state index contributed by atoms with van der Waals surface area (Å²) < 4.78 is 0. The summed E-state index contributed by atoms with van der Waals surface area (Å²) in [6.45, 7) is 17.4. The molecule has 0 aliphatic heterocycles. The summed E-state index contributed by atoms with van der Waals surface area (Å²) in [5, 5.41) is 3.60. The minimum absolute atomic E-state index is 0.124. The van der Waals surface area contributed by atoms with Crippen LogP contribution in [0, 0.1) is 11.3 Å². The Morgan fingerprint density at radius 1 is 1.06 bits per heavy atom. The van der Waals surface area contributed by atoms with Crippen molar-refractivity contribution in [2.45, 2.75) is 86.2 Å². The molecule has 0 heterocycles. The van der Waals surface area contributed by atoms with E-state index in [1.807, 2.05) is 13.8 Å². The van der Waals surface area contributed by atoms with E-state index in [9.17, 15) is 4.79 Å². The fourth-order valence-corrected chi connectivity index (χ4v) is 2.87. The van der Waals surface area contributed by atoms with Crippen LogP contribution in [-0.4, -0.2) is 17.4 Å². The predicted molar refractivity (Wildman–Crippen MR) is 79.8 cm³/mol. The molecule has 0 amide bonds. The largest absolute Gasteiger partial charge is 0.310 e. The molecule has 0 saturated carbocycles. The zero-order valence-corrected chi connectivity index (χ0v) is 13.7. The lowest BCUT2D eigenvalue weighted by molar-refractivity contribution is -0.122. The second kappa shape index (κ2) is 6.70. The van der Waals surface area contributed by atoms with Gasteiger partial charge in [0.15, 0.2) is 0 Å². The summed E-state index contributed by atoms with van der Waals surface area (Å²) in [5.41, 5.74) is 0.328. The first-order valence-corrected chi connectivity index (χ1v) is 7.26. The number of hydrogen-bond acceptors (Lipinski definition) is 2. The van der Waals surface area contributed by atoms with Gasteiger partial charge in [-0.1, -0.05) is 41.5 Å². The smallest absolute Gasteiger partial charge is 0.135 e. The highest BCUT2D eigenvalue weighted by molar-refractivity contribution is 5.80. The van der Waals surface area contributed by atoms with Gasteiger partial charge in [-0.3, -0.25) is 4.79 Å². The Hall–Kier alpha value is -0.370. The number of ketones is 1. The number of carbonyl (C=O) groups excluding carboxylic acids is 1. The lowest BCUT2D eigenvalue weighted by Gasteiger charge is -2.37. The summed E-state index contributed by atoms with van der Waals surface area (Å²) in [6, 6.07) is 0.494. The van der Waals surface area contributed by atoms with Crippen molar-refractivity contribution in [1.29, 1.82) is 0 Å². The van der Waals surface area contributed by atoms with Crippen LogP contribution in [0.5, 0.6) is 0 Å². The Morgan fingerprint density at radius 3 is 1.94 bits per heavy atom. The third-order valence-corrected chi connectivity index (χ3v) is 3.29. The third-order valence-electron chi connectivity index (χ3n) is 3.29. The van der Waals surface area contributed by atoms with Crippen LogP contribution in [0.1, 0.15) is 74.7 Å². The fraction of sp³-hybridized carbons (Fsp3) is 0.938. The number of nitrogens with one attached hydrogen (secondary N) is 1. The van der Waals surface area contributed by atoms with Gasteiger partial charge in [0.05, 0.1) is 0 Å². The highest BCUT2D eigenvalue weighted by atomic mass is 16.1. The lowest BCUT2D eigenvalue weighted by atomic mass is 9.76. The van der Waals surface area contributed by atoms with Gasteiger partial charge in [-0.25, -0.2) is 0 Å². The fourth-order valence-electron chi connectivity index (χ4n) is 2.87. The molecule has 0 saturated heterocycles. The van der Waals surface area contributed by atoms with Gasteiger partial charge in [-0.05, 0) is 32.1 Å². The molecule has 0 unspecified atom stereocenters. The molecule has 0 rings (SSSR count). The normalized spacial score (nSPS) is 13.4. The summed E-state index contributed by atoms with van der Waals surface area (Å²) >= 11 is 0. The first-order chi connectivity index (χ1) is 7.95. The average molecular weight is 255 g/mol. The van der Waals surface area contributed by atoms with Crippen LogP contribution in [0.15, 0.2) is 0 Å². The Labute approximate surface area is 114 Å². The van der Waals surface area contributed by atoms with Crippen molar-refractivity contribution in [2.24, 2.45) is 11.3 Å². The molecule has 0 radical (unpaired) electrons. The maximum absolute atomic E-state index is 11.7. The molecule has 0 bridgehead atoms. The topological polar surface area (TPSA) is 29.1 Å². The summed E-state index contributed by atoms with van der Waals surface area (Å²) in [7, 11) is 0. The second-order valence-corrected chi connectivity index (χ2v) is 7.64. The van der Waals surface area contributed by atoms with Crippen LogP contribution < -0.4 is 5.32 Å². The minimum Gasteiger partial charge on any atom is -0.310 e. The van der Waals surface area contributed by atoms with Crippen molar-refractivity contribution < 1.29 is 4.79 Å². The SMILES string of the molecule is CC(C)NC(C)(C)CC(C)(C)CCC(=O)C(C)C. The van der Waals surface area contributed by atoms with Gasteiger partial charge < -0.3 is 5.32 Å². The molecule has 2 heteroatoms. The van der Waals surface area contributed by atoms with Crippen molar-refractivity contribution in [2.75, 3.05) is 0 Å². The van der Waals surface area contributed by atoms with Crippen molar-refractivity contribution >= 4 is 5.78 Å². The molecule has 108 valence electrons. The second-order valence-electron chi connectivity index (χ2n) is 7.64. The number of Topliss-reactive ketones (excluding diaryl/α,β-unsaturated/α-hetero) is 1. The molecule has 0 aromatic rings. The lowest BCUT2D eigenvalue weighted by Crippen LogP contribution is -2.46. The van der Waals surface area contributed by atoms with Crippen LogP contribution in [-0.2, 0) is 4.79 Å². The minimum atomic E-state index is 0.124. The standard InChI is InChI=1S/C16H33NO/c1-12(2)14(18)9-10-15(5,6)11-16(7,8)17-13(3)4/h12-13,17H,9-11H2,1-8H3. The molecule has 2 nitrogen and oxygen atoms in total. The number of hydrogen-bond donors (Lipinski definition) is 1. The van der Waals surface area contributed by atoms with E-state index >= 15 is 0 Å². The molecule has 0 aliphatic carbocycles. The molecule has 0 spiro atoms. The summed E-state index contributed by atoms with van der Waals surface area (Å²) in [5.74, 6) is 0.556. The zero-order valence-electron chi connectivity index (χ0n) is 13.7. The molecule has 1 N–H and O–H groups in total. The Bertz CT molecular complexity index is 264. The van der Waals surface area contributed by atoms with Crippen molar-refractivity contribution in [3.63, 3.8) is 0 Å². The Balaban J connectivity index is 4.33. The van der Waals surface area contributed by atoms with Crippen molar-refractivity contribution in [3.05, 3.63) is 0 Å². The van der Waals surface area contributed by atoms with Gasteiger partial charge in [-0.2, -0.15) is 0 Å². The highest BCUT2D eigenvalue weighted by Crippen LogP contribution is 2.33. The van der Waals surface area contributed by atoms with E-state index in [1.165, 1.54) is 0 Å². The molecule has 0 aromatic heterocycles.